The smallest absolute Gasteiger partial charge is 0.156 e. The summed E-state index contributed by atoms with van der Waals surface area (Å²) in [4.78, 5) is 12.5. The third-order valence-corrected chi connectivity index (χ3v) is 6.51. The van der Waals surface area contributed by atoms with Gasteiger partial charge in [-0.1, -0.05) is 0 Å². The number of morpholine rings is 1. The van der Waals surface area contributed by atoms with Crippen molar-refractivity contribution in [1.29, 1.82) is 0 Å². The van der Waals surface area contributed by atoms with Gasteiger partial charge in [-0.3, -0.25) is 4.90 Å². The van der Waals surface area contributed by atoms with Crippen LogP contribution in [0.25, 0.3) is 5.65 Å². The highest BCUT2D eigenvalue weighted by molar-refractivity contribution is 7.11. The molecule has 2 saturated heterocycles. The maximum absolute atomic E-state index is 5.45. The first kappa shape index (κ1) is 17.2. The molecule has 3 aromatic heterocycles. The van der Waals surface area contributed by atoms with Crippen molar-refractivity contribution in [1.82, 2.24) is 19.5 Å². The van der Waals surface area contributed by atoms with Gasteiger partial charge in [0.15, 0.2) is 11.5 Å². The Hall–Kier alpha value is -1.96. The van der Waals surface area contributed by atoms with E-state index in [-0.39, 0.29) is 0 Å². The minimum atomic E-state index is 0.429. The zero-order valence-electron chi connectivity index (χ0n) is 15.7. The Bertz CT molecular complexity index is 929. The van der Waals surface area contributed by atoms with Crippen molar-refractivity contribution in [3.05, 3.63) is 46.0 Å². The van der Waals surface area contributed by atoms with E-state index in [9.17, 15) is 0 Å². The van der Waals surface area contributed by atoms with Crippen LogP contribution in [0.4, 0.5) is 5.69 Å². The summed E-state index contributed by atoms with van der Waals surface area (Å²) in [5.74, 6) is 1.41. The van der Waals surface area contributed by atoms with Gasteiger partial charge in [0, 0.05) is 41.9 Å². The third kappa shape index (κ3) is 3.59. The van der Waals surface area contributed by atoms with Gasteiger partial charge < -0.3 is 9.64 Å². The van der Waals surface area contributed by atoms with Gasteiger partial charge >= 0.3 is 0 Å². The van der Waals surface area contributed by atoms with E-state index in [1.807, 2.05) is 15.9 Å². The molecule has 0 amide bonds. The van der Waals surface area contributed by atoms with Crippen molar-refractivity contribution in [2.75, 3.05) is 44.3 Å². The minimum absolute atomic E-state index is 0.429. The number of nitrogens with zero attached hydrogens (tertiary/aromatic N) is 5. The van der Waals surface area contributed by atoms with Crippen LogP contribution in [0.1, 0.15) is 27.9 Å². The SMILES string of the molecule is Cc1ccc(CN2CC[C@@H](c3nc4ccc(N5CCOCC5)cn4n3)C2)s1. The molecule has 0 unspecified atom stereocenters. The number of aromatic nitrogens is 3. The molecule has 0 aromatic carbocycles. The molecule has 5 rings (SSSR count). The highest BCUT2D eigenvalue weighted by Gasteiger charge is 2.27. The summed E-state index contributed by atoms with van der Waals surface area (Å²) in [6, 6.07) is 8.70. The van der Waals surface area contributed by atoms with Gasteiger partial charge in [0.05, 0.1) is 25.1 Å². The van der Waals surface area contributed by atoms with E-state index >= 15 is 0 Å². The zero-order valence-corrected chi connectivity index (χ0v) is 16.5. The molecule has 0 N–H and O–H groups in total. The number of thiophene rings is 1. The van der Waals surface area contributed by atoms with Crippen LogP contribution in [0.2, 0.25) is 0 Å². The molecule has 1 atom stereocenters. The maximum Gasteiger partial charge on any atom is 0.156 e. The van der Waals surface area contributed by atoms with Crippen molar-refractivity contribution in [2.24, 2.45) is 0 Å². The standard InChI is InChI=1S/C20H25N5OS/c1-15-2-4-18(27-15)14-23-7-6-16(12-23)20-21-19-5-3-17(13-25(19)22-20)24-8-10-26-11-9-24/h2-5,13,16H,6-12,14H2,1H3/t16-/m1/s1. The number of hydrogen-bond donors (Lipinski definition) is 0. The summed E-state index contributed by atoms with van der Waals surface area (Å²) in [6.07, 6.45) is 3.25. The Balaban J connectivity index is 1.30. The van der Waals surface area contributed by atoms with Crippen molar-refractivity contribution in [3.8, 4) is 0 Å². The molecule has 0 aliphatic carbocycles. The van der Waals surface area contributed by atoms with Gasteiger partial charge in [0.1, 0.15) is 0 Å². The van der Waals surface area contributed by atoms with E-state index in [0.29, 0.717) is 5.92 Å². The largest absolute Gasteiger partial charge is 0.378 e. The Morgan fingerprint density at radius 2 is 2.04 bits per heavy atom. The number of ether oxygens (including phenoxy) is 1. The molecule has 0 spiro atoms. The van der Waals surface area contributed by atoms with E-state index in [1.165, 1.54) is 15.4 Å². The highest BCUT2D eigenvalue weighted by Crippen LogP contribution is 2.28. The molecule has 7 heteroatoms. The lowest BCUT2D eigenvalue weighted by Crippen LogP contribution is -2.36. The molecule has 2 aliphatic heterocycles. The van der Waals surface area contributed by atoms with Gasteiger partial charge in [0.2, 0.25) is 0 Å². The first-order valence-electron chi connectivity index (χ1n) is 9.71. The fourth-order valence-electron chi connectivity index (χ4n) is 4.05. The summed E-state index contributed by atoms with van der Waals surface area (Å²) < 4.78 is 7.40. The Morgan fingerprint density at radius 1 is 1.15 bits per heavy atom. The zero-order chi connectivity index (χ0) is 18.2. The van der Waals surface area contributed by atoms with Crippen LogP contribution < -0.4 is 4.90 Å². The van der Waals surface area contributed by atoms with Crippen LogP contribution in [0.3, 0.4) is 0 Å². The van der Waals surface area contributed by atoms with Crippen molar-refractivity contribution in [2.45, 2.75) is 25.8 Å². The number of anilines is 1. The number of fused-ring (bicyclic) bond motifs is 1. The predicted octanol–water partition coefficient (Wildman–Crippen LogP) is 2.93. The normalized spacial score (nSPS) is 21.4. The van der Waals surface area contributed by atoms with Crippen LogP contribution in [-0.4, -0.2) is 58.9 Å². The number of aryl methyl sites for hydroxylation is 1. The van der Waals surface area contributed by atoms with Gasteiger partial charge in [0.25, 0.3) is 0 Å². The molecule has 27 heavy (non-hydrogen) atoms. The maximum atomic E-state index is 5.45. The van der Waals surface area contributed by atoms with Crippen LogP contribution in [0.5, 0.6) is 0 Å². The second-order valence-electron chi connectivity index (χ2n) is 7.49. The quantitative estimate of drug-likeness (QED) is 0.693. The minimum Gasteiger partial charge on any atom is -0.378 e. The number of rotatable bonds is 4. The monoisotopic (exact) mass is 383 g/mol. The lowest BCUT2D eigenvalue weighted by molar-refractivity contribution is 0.122. The van der Waals surface area contributed by atoms with Crippen LogP contribution in [-0.2, 0) is 11.3 Å². The van der Waals surface area contributed by atoms with E-state index in [2.05, 4.69) is 47.2 Å². The average Bonchev–Trinajstić information content (AvgIpc) is 3.41. The molecule has 5 heterocycles. The van der Waals surface area contributed by atoms with Crippen molar-refractivity contribution < 1.29 is 4.74 Å². The first-order valence-corrected chi connectivity index (χ1v) is 10.5. The van der Waals surface area contributed by atoms with Crippen molar-refractivity contribution in [3.63, 3.8) is 0 Å². The molecule has 2 aliphatic rings. The van der Waals surface area contributed by atoms with Crippen molar-refractivity contribution >= 4 is 22.7 Å². The number of hydrogen-bond acceptors (Lipinski definition) is 6. The summed E-state index contributed by atoms with van der Waals surface area (Å²) >= 11 is 1.90. The summed E-state index contributed by atoms with van der Waals surface area (Å²) in [6.45, 7) is 8.85. The average molecular weight is 384 g/mol. The second-order valence-corrected chi connectivity index (χ2v) is 8.87. The van der Waals surface area contributed by atoms with Crippen LogP contribution in [0, 0.1) is 6.92 Å². The first-order chi connectivity index (χ1) is 13.2. The summed E-state index contributed by atoms with van der Waals surface area (Å²) in [5.41, 5.74) is 2.14. The lowest BCUT2D eigenvalue weighted by atomic mass is 10.1. The molecule has 142 valence electrons. The van der Waals surface area contributed by atoms with Gasteiger partial charge in [-0.15, -0.1) is 11.3 Å². The van der Waals surface area contributed by atoms with Crippen LogP contribution >= 0.6 is 11.3 Å². The number of likely N-dealkylation sites (tertiary alicyclic amines) is 1. The molecule has 0 radical (unpaired) electrons. The van der Waals surface area contributed by atoms with Crippen LogP contribution in [0.15, 0.2) is 30.5 Å². The second kappa shape index (κ2) is 7.22. The Kier molecular flexibility index (Phi) is 4.59. The summed E-state index contributed by atoms with van der Waals surface area (Å²) in [5, 5.41) is 4.82. The fraction of sp³-hybridized carbons (Fsp3) is 0.500. The molecular formula is C20H25N5OS. The van der Waals surface area contributed by atoms with E-state index in [1.54, 1.807) is 0 Å². The molecular weight excluding hydrogens is 358 g/mol. The third-order valence-electron chi connectivity index (χ3n) is 5.52. The topological polar surface area (TPSA) is 45.9 Å². The van der Waals surface area contributed by atoms with Gasteiger partial charge in [-0.2, -0.15) is 5.10 Å². The summed E-state index contributed by atoms with van der Waals surface area (Å²) in [7, 11) is 0. The van der Waals surface area contributed by atoms with E-state index in [0.717, 1.165) is 63.8 Å². The molecule has 0 saturated carbocycles. The Morgan fingerprint density at radius 3 is 2.85 bits per heavy atom. The lowest BCUT2D eigenvalue weighted by Gasteiger charge is -2.28. The Labute approximate surface area is 163 Å². The molecule has 0 bridgehead atoms. The van der Waals surface area contributed by atoms with Gasteiger partial charge in [-0.05, 0) is 44.2 Å². The fourth-order valence-corrected chi connectivity index (χ4v) is 4.98. The predicted molar refractivity (Wildman–Crippen MR) is 108 cm³/mol. The van der Waals surface area contributed by atoms with E-state index < -0.39 is 0 Å². The van der Waals surface area contributed by atoms with E-state index in [4.69, 9.17) is 14.8 Å². The number of pyridine rings is 1. The molecule has 3 aromatic rings. The van der Waals surface area contributed by atoms with Gasteiger partial charge in [-0.25, -0.2) is 9.50 Å². The molecule has 2 fully saturated rings. The molecule has 6 nitrogen and oxygen atoms in total. The highest BCUT2D eigenvalue weighted by atomic mass is 32.1.